The van der Waals surface area contributed by atoms with Crippen molar-refractivity contribution in [3.8, 4) is 11.5 Å². The Bertz CT molecular complexity index is 329. The number of fused-ring (bicyclic) bond motifs is 1. The van der Waals surface area contributed by atoms with Crippen LogP contribution in [0.25, 0.3) is 0 Å². The first-order chi connectivity index (χ1) is 7.66. The van der Waals surface area contributed by atoms with Crippen molar-refractivity contribution in [3.63, 3.8) is 0 Å². The molecule has 1 unspecified atom stereocenters. The van der Waals surface area contributed by atoms with Gasteiger partial charge < -0.3 is 19.9 Å². The third-order valence-electron chi connectivity index (χ3n) is 2.38. The van der Waals surface area contributed by atoms with Crippen molar-refractivity contribution >= 4 is 0 Å². The summed E-state index contributed by atoms with van der Waals surface area (Å²) in [4.78, 5) is 0. The number of rotatable bonds is 4. The molecule has 1 aromatic rings. The van der Waals surface area contributed by atoms with E-state index in [0.717, 1.165) is 0 Å². The van der Waals surface area contributed by atoms with Crippen LogP contribution in [-0.4, -0.2) is 30.1 Å². The average Bonchev–Trinajstić information content (AvgIpc) is 2.69. The molecule has 4 nitrogen and oxygen atoms in total. The molecule has 0 aliphatic carbocycles. The van der Waals surface area contributed by atoms with Crippen molar-refractivity contribution in [1.82, 2.24) is 5.32 Å². The van der Waals surface area contributed by atoms with Gasteiger partial charge in [-0.1, -0.05) is 26.0 Å². The molecule has 16 heavy (non-hydrogen) atoms. The van der Waals surface area contributed by atoms with Crippen LogP contribution >= 0.6 is 0 Å². The molecule has 0 spiro atoms. The number of aliphatic hydroxyl groups is 1. The van der Waals surface area contributed by atoms with Gasteiger partial charge in [0.1, 0.15) is 6.10 Å². The van der Waals surface area contributed by atoms with Gasteiger partial charge >= 0.3 is 0 Å². The topological polar surface area (TPSA) is 50.7 Å². The maximum absolute atomic E-state index is 9.86. The maximum atomic E-state index is 9.86. The van der Waals surface area contributed by atoms with Gasteiger partial charge in [0.15, 0.2) is 11.5 Å². The quantitative estimate of drug-likeness (QED) is 0.803. The molecule has 0 fully saturated rings. The lowest BCUT2D eigenvalue weighted by molar-refractivity contribution is -0.0576. The second-order valence-corrected chi connectivity index (χ2v) is 4.18. The Morgan fingerprint density at radius 2 is 1.81 bits per heavy atom. The molecule has 4 heteroatoms. The molecular weight excluding hydrogens is 206 g/mol. The van der Waals surface area contributed by atoms with E-state index in [1.807, 2.05) is 38.1 Å². The highest BCUT2D eigenvalue weighted by Crippen LogP contribution is 2.34. The predicted octanol–water partition coefficient (Wildman–Crippen LogP) is 1.14. The van der Waals surface area contributed by atoms with E-state index in [0.29, 0.717) is 24.1 Å². The fraction of sp³-hybridized carbons (Fsp3) is 0.500. The van der Waals surface area contributed by atoms with Crippen LogP contribution in [0.3, 0.4) is 0 Å². The van der Waals surface area contributed by atoms with E-state index in [1.54, 1.807) is 0 Å². The Morgan fingerprint density at radius 1 is 1.25 bits per heavy atom. The van der Waals surface area contributed by atoms with Crippen molar-refractivity contribution in [2.24, 2.45) is 0 Å². The first-order valence-corrected chi connectivity index (χ1v) is 5.50. The van der Waals surface area contributed by atoms with E-state index in [2.05, 4.69) is 5.32 Å². The van der Waals surface area contributed by atoms with Crippen LogP contribution in [0.4, 0.5) is 0 Å². The predicted molar refractivity (Wildman–Crippen MR) is 60.6 cm³/mol. The minimum absolute atomic E-state index is 0.332. The van der Waals surface area contributed by atoms with Gasteiger partial charge in [0.05, 0.1) is 0 Å². The van der Waals surface area contributed by atoms with Crippen LogP contribution in [0.5, 0.6) is 11.5 Å². The van der Waals surface area contributed by atoms with Gasteiger partial charge in [-0.05, 0) is 12.1 Å². The molecule has 0 saturated carbocycles. The molecular formula is C12H17NO3. The van der Waals surface area contributed by atoms with E-state index in [1.165, 1.54) is 0 Å². The molecule has 0 bridgehead atoms. The summed E-state index contributed by atoms with van der Waals surface area (Å²) in [6.45, 7) is 4.51. The summed E-state index contributed by atoms with van der Waals surface area (Å²) >= 11 is 0. The van der Waals surface area contributed by atoms with E-state index in [4.69, 9.17) is 9.47 Å². The highest BCUT2D eigenvalue weighted by molar-refractivity contribution is 5.41. The van der Waals surface area contributed by atoms with Gasteiger partial charge in [-0.15, -0.1) is 0 Å². The van der Waals surface area contributed by atoms with Crippen LogP contribution in [0, 0.1) is 0 Å². The summed E-state index contributed by atoms with van der Waals surface area (Å²) in [6.07, 6.45) is -1.28. The van der Waals surface area contributed by atoms with Crippen LogP contribution in [0.1, 0.15) is 13.8 Å². The van der Waals surface area contributed by atoms with Gasteiger partial charge in [0.2, 0.25) is 0 Å². The molecule has 0 radical (unpaired) electrons. The van der Waals surface area contributed by atoms with Crippen molar-refractivity contribution in [2.45, 2.75) is 32.3 Å². The maximum Gasteiger partial charge on any atom is 0.268 e. The summed E-state index contributed by atoms with van der Waals surface area (Å²) < 4.78 is 11.0. The average molecular weight is 223 g/mol. The Kier molecular flexibility index (Phi) is 3.31. The lowest BCUT2D eigenvalue weighted by Gasteiger charge is -2.18. The SMILES string of the molecule is CC(C)NCC(O)C1Oc2ccccc2O1. The molecule has 0 aromatic heterocycles. The van der Waals surface area contributed by atoms with Gasteiger partial charge in [-0.25, -0.2) is 0 Å². The minimum Gasteiger partial charge on any atom is -0.448 e. The number of nitrogens with one attached hydrogen (secondary N) is 1. The highest BCUT2D eigenvalue weighted by Gasteiger charge is 2.30. The number of hydrogen-bond acceptors (Lipinski definition) is 4. The van der Waals surface area contributed by atoms with Gasteiger partial charge in [0.25, 0.3) is 6.29 Å². The molecule has 2 rings (SSSR count). The van der Waals surface area contributed by atoms with Crippen LogP contribution in [0.2, 0.25) is 0 Å². The summed E-state index contributed by atoms with van der Waals surface area (Å²) in [5.74, 6) is 1.38. The van der Waals surface area contributed by atoms with Crippen molar-refractivity contribution in [1.29, 1.82) is 0 Å². The zero-order valence-corrected chi connectivity index (χ0v) is 9.51. The van der Waals surface area contributed by atoms with Crippen LogP contribution in [-0.2, 0) is 0 Å². The van der Waals surface area contributed by atoms with Gasteiger partial charge in [-0.3, -0.25) is 0 Å². The third kappa shape index (κ3) is 2.46. The van der Waals surface area contributed by atoms with Crippen LogP contribution < -0.4 is 14.8 Å². The molecule has 0 saturated heterocycles. The molecule has 1 aliphatic heterocycles. The number of hydrogen-bond donors (Lipinski definition) is 2. The monoisotopic (exact) mass is 223 g/mol. The van der Waals surface area contributed by atoms with Crippen molar-refractivity contribution in [3.05, 3.63) is 24.3 Å². The Balaban J connectivity index is 1.90. The van der Waals surface area contributed by atoms with E-state index >= 15 is 0 Å². The van der Waals surface area contributed by atoms with Gasteiger partial charge in [-0.2, -0.15) is 0 Å². The van der Waals surface area contributed by atoms with Gasteiger partial charge in [0, 0.05) is 12.6 Å². The number of ether oxygens (including phenoxy) is 2. The summed E-state index contributed by atoms with van der Waals surface area (Å²) in [5, 5.41) is 13.0. The van der Waals surface area contributed by atoms with Crippen molar-refractivity contribution < 1.29 is 14.6 Å². The number of benzene rings is 1. The van der Waals surface area contributed by atoms with Crippen LogP contribution in [0.15, 0.2) is 24.3 Å². The summed E-state index contributed by atoms with van der Waals surface area (Å²) in [6, 6.07) is 7.75. The molecule has 0 amide bonds. The number of aliphatic hydroxyl groups excluding tert-OH is 1. The minimum atomic E-state index is -0.671. The van der Waals surface area contributed by atoms with Crippen molar-refractivity contribution in [2.75, 3.05) is 6.54 Å². The Morgan fingerprint density at radius 3 is 2.31 bits per heavy atom. The zero-order chi connectivity index (χ0) is 11.5. The molecule has 1 aliphatic rings. The second-order valence-electron chi connectivity index (χ2n) is 4.18. The molecule has 1 heterocycles. The second kappa shape index (κ2) is 4.72. The highest BCUT2D eigenvalue weighted by atomic mass is 16.7. The third-order valence-corrected chi connectivity index (χ3v) is 2.38. The lowest BCUT2D eigenvalue weighted by atomic mass is 10.3. The fourth-order valence-corrected chi connectivity index (χ4v) is 1.53. The van der Waals surface area contributed by atoms with E-state index in [9.17, 15) is 5.11 Å². The lowest BCUT2D eigenvalue weighted by Crippen LogP contribution is -2.42. The Labute approximate surface area is 95.2 Å². The number of para-hydroxylation sites is 2. The fourth-order valence-electron chi connectivity index (χ4n) is 1.53. The normalized spacial score (nSPS) is 16.8. The van der Waals surface area contributed by atoms with E-state index in [-0.39, 0.29) is 0 Å². The standard InChI is InChI=1S/C12H17NO3/c1-8(2)13-7-9(14)12-15-10-5-3-4-6-11(10)16-12/h3-6,8-9,12-14H,7H2,1-2H3. The molecule has 1 aromatic carbocycles. The molecule has 88 valence electrons. The zero-order valence-electron chi connectivity index (χ0n) is 9.51. The molecule has 1 atom stereocenters. The first-order valence-electron chi connectivity index (χ1n) is 5.50. The van der Waals surface area contributed by atoms with E-state index < -0.39 is 12.4 Å². The Hall–Kier alpha value is -1.26. The summed E-state index contributed by atoms with van der Waals surface area (Å²) in [5.41, 5.74) is 0. The summed E-state index contributed by atoms with van der Waals surface area (Å²) in [7, 11) is 0. The first kappa shape index (κ1) is 11.2. The smallest absolute Gasteiger partial charge is 0.268 e. The molecule has 2 N–H and O–H groups in total. The largest absolute Gasteiger partial charge is 0.448 e.